The number of carbonyl (C=O) groups is 2. The standard InChI is InChI=1S/C24H20ClN5O4/c1-34-24(33)15-7-9-17(10-8-15)27-20(31)13-29-23(32)22-19(21(28-29)14-5-6-14)12-26-30(22)18-4-2-3-16(25)11-18/h2-4,7-12,14H,5-6,13H2,1H3,(H,27,31). The van der Waals surface area contributed by atoms with Crippen LogP contribution in [0.25, 0.3) is 16.6 Å². The van der Waals surface area contributed by atoms with Gasteiger partial charge in [0, 0.05) is 22.0 Å². The molecule has 1 saturated carbocycles. The Morgan fingerprint density at radius 2 is 1.94 bits per heavy atom. The van der Waals surface area contributed by atoms with Crippen molar-refractivity contribution in [1.82, 2.24) is 19.6 Å². The summed E-state index contributed by atoms with van der Waals surface area (Å²) in [4.78, 5) is 37.7. The van der Waals surface area contributed by atoms with Crippen molar-refractivity contribution in [3.05, 3.63) is 81.4 Å². The number of methoxy groups -OCH3 is 1. The van der Waals surface area contributed by atoms with E-state index in [0.717, 1.165) is 18.5 Å². The van der Waals surface area contributed by atoms with Gasteiger partial charge in [0.25, 0.3) is 5.56 Å². The highest BCUT2D eigenvalue weighted by atomic mass is 35.5. The minimum atomic E-state index is -0.467. The van der Waals surface area contributed by atoms with E-state index in [4.69, 9.17) is 11.6 Å². The lowest BCUT2D eigenvalue weighted by molar-refractivity contribution is -0.117. The van der Waals surface area contributed by atoms with Crippen LogP contribution in [0.3, 0.4) is 0 Å². The number of ether oxygens (including phenoxy) is 1. The molecule has 0 radical (unpaired) electrons. The largest absolute Gasteiger partial charge is 0.465 e. The average molecular weight is 478 g/mol. The Bertz CT molecular complexity index is 1470. The van der Waals surface area contributed by atoms with Gasteiger partial charge >= 0.3 is 5.97 Å². The van der Waals surface area contributed by atoms with Crippen LogP contribution in [0.1, 0.15) is 34.8 Å². The predicted octanol–water partition coefficient (Wildman–Crippen LogP) is 3.54. The van der Waals surface area contributed by atoms with Crippen LogP contribution in [0.2, 0.25) is 5.02 Å². The van der Waals surface area contributed by atoms with E-state index in [0.29, 0.717) is 32.9 Å². The van der Waals surface area contributed by atoms with E-state index in [2.05, 4.69) is 20.3 Å². The molecule has 2 heterocycles. The summed E-state index contributed by atoms with van der Waals surface area (Å²) in [6.07, 6.45) is 3.59. The number of benzene rings is 2. The number of nitrogens with one attached hydrogen (secondary N) is 1. The van der Waals surface area contributed by atoms with Crippen LogP contribution >= 0.6 is 11.6 Å². The molecule has 1 fully saturated rings. The number of carbonyl (C=O) groups excluding carboxylic acids is 2. The van der Waals surface area contributed by atoms with Gasteiger partial charge in [0.2, 0.25) is 5.91 Å². The number of amides is 1. The lowest BCUT2D eigenvalue weighted by Crippen LogP contribution is -2.31. The molecule has 0 spiro atoms. The van der Waals surface area contributed by atoms with E-state index in [9.17, 15) is 14.4 Å². The first-order chi connectivity index (χ1) is 16.4. The number of esters is 1. The van der Waals surface area contributed by atoms with Crippen LogP contribution in [0, 0.1) is 0 Å². The van der Waals surface area contributed by atoms with Crippen molar-refractivity contribution < 1.29 is 14.3 Å². The molecule has 0 bridgehead atoms. The highest BCUT2D eigenvalue weighted by molar-refractivity contribution is 6.30. The summed E-state index contributed by atoms with van der Waals surface area (Å²) < 4.78 is 7.39. The SMILES string of the molecule is COC(=O)c1ccc(NC(=O)Cn2nc(C3CC3)c3cnn(-c4cccc(Cl)c4)c3c2=O)cc1. The molecule has 1 aliphatic rings. The summed E-state index contributed by atoms with van der Waals surface area (Å²) >= 11 is 6.14. The fourth-order valence-corrected chi connectivity index (χ4v) is 3.99. The van der Waals surface area contributed by atoms with E-state index in [1.54, 1.807) is 48.7 Å². The fraction of sp³-hybridized carbons (Fsp3) is 0.208. The van der Waals surface area contributed by atoms with Crippen molar-refractivity contribution in [3.8, 4) is 5.69 Å². The van der Waals surface area contributed by atoms with Crippen LogP contribution in [0.15, 0.2) is 59.5 Å². The number of hydrogen-bond donors (Lipinski definition) is 1. The van der Waals surface area contributed by atoms with Crippen LogP contribution in [-0.2, 0) is 16.1 Å². The maximum atomic E-state index is 13.4. The van der Waals surface area contributed by atoms with Crippen LogP contribution < -0.4 is 10.9 Å². The van der Waals surface area contributed by atoms with Gasteiger partial charge in [-0.3, -0.25) is 9.59 Å². The van der Waals surface area contributed by atoms with Gasteiger partial charge in [-0.25, -0.2) is 14.2 Å². The molecule has 0 unspecified atom stereocenters. The first-order valence-electron chi connectivity index (χ1n) is 10.7. The van der Waals surface area contributed by atoms with Crippen molar-refractivity contribution in [1.29, 1.82) is 0 Å². The van der Waals surface area contributed by atoms with Gasteiger partial charge in [0.05, 0.1) is 30.3 Å². The van der Waals surface area contributed by atoms with Gasteiger partial charge in [-0.1, -0.05) is 17.7 Å². The molecule has 172 valence electrons. The molecule has 0 atom stereocenters. The topological polar surface area (TPSA) is 108 Å². The Kier molecular flexibility index (Phi) is 5.62. The fourth-order valence-electron chi connectivity index (χ4n) is 3.81. The number of nitrogens with zero attached hydrogens (tertiary/aromatic N) is 4. The highest BCUT2D eigenvalue weighted by Crippen LogP contribution is 2.41. The molecule has 1 aliphatic carbocycles. The zero-order chi connectivity index (χ0) is 23.8. The average Bonchev–Trinajstić information content (AvgIpc) is 3.58. The number of anilines is 1. The molecule has 2 aromatic heterocycles. The van der Waals surface area contributed by atoms with E-state index in [-0.39, 0.29) is 12.5 Å². The summed E-state index contributed by atoms with van der Waals surface area (Å²) in [6, 6.07) is 13.3. The van der Waals surface area contributed by atoms with E-state index < -0.39 is 17.4 Å². The summed E-state index contributed by atoms with van der Waals surface area (Å²) in [5.41, 5.74) is 2.19. The second-order valence-corrected chi connectivity index (χ2v) is 8.47. The molecule has 1 N–H and O–H groups in total. The van der Waals surface area contributed by atoms with Crippen molar-refractivity contribution >= 4 is 40.1 Å². The minimum absolute atomic E-state index is 0.236. The first kappa shape index (κ1) is 21.8. The molecule has 10 heteroatoms. The smallest absolute Gasteiger partial charge is 0.337 e. The van der Waals surface area contributed by atoms with Crippen LogP contribution in [0.5, 0.6) is 0 Å². The van der Waals surface area contributed by atoms with E-state index >= 15 is 0 Å². The third-order valence-electron chi connectivity index (χ3n) is 5.61. The third kappa shape index (κ3) is 4.17. The zero-order valence-electron chi connectivity index (χ0n) is 18.2. The highest BCUT2D eigenvalue weighted by Gasteiger charge is 2.30. The predicted molar refractivity (Wildman–Crippen MR) is 127 cm³/mol. The number of fused-ring (bicyclic) bond motifs is 1. The molecule has 5 rings (SSSR count). The molecular formula is C24H20ClN5O4. The Morgan fingerprint density at radius 1 is 1.18 bits per heavy atom. The lowest BCUT2D eigenvalue weighted by Gasteiger charge is -2.11. The summed E-state index contributed by atoms with van der Waals surface area (Å²) in [7, 11) is 1.30. The molecule has 34 heavy (non-hydrogen) atoms. The second-order valence-electron chi connectivity index (χ2n) is 8.04. The first-order valence-corrected chi connectivity index (χ1v) is 11.1. The molecule has 0 saturated heterocycles. The summed E-state index contributed by atoms with van der Waals surface area (Å²) in [5.74, 6) is -0.651. The van der Waals surface area contributed by atoms with Crippen molar-refractivity contribution in [2.75, 3.05) is 12.4 Å². The monoisotopic (exact) mass is 477 g/mol. The maximum absolute atomic E-state index is 13.4. The Hall–Kier alpha value is -3.98. The zero-order valence-corrected chi connectivity index (χ0v) is 19.0. The van der Waals surface area contributed by atoms with E-state index in [1.807, 2.05) is 6.07 Å². The van der Waals surface area contributed by atoms with Gasteiger partial charge in [0.1, 0.15) is 12.1 Å². The molecule has 4 aromatic rings. The molecule has 2 aromatic carbocycles. The number of aromatic nitrogens is 4. The van der Waals surface area contributed by atoms with Crippen molar-refractivity contribution in [2.45, 2.75) is 25.3 Å². The third-order valence-corrected chi connectivity index (χ3v) is 5.85. The van der Waals surface area contributed by atoms with Gasteiger partial charge in [-0.05, 0) is 55.3 Å². The van der Waals surface area contributed by atoms with Gasteiger partial charge in [-0.2, -0.15) is 10.2 Å². The number of rotatable bonds is 6. The van der Waals surface area contributed by atoms with Crippen LogP contribution in [-0.4, -0.2) is 38.5 Å². The van der Waals surface area contributed by atoms with Gasteiger partial charge in [-0.15, -0.1) is 0 Å². The number of halogens is 1. The normalized spacial score (nSPS) is 13.1. The lowest BCUT2D eigenvalue weighted by atomic mass is 10.2. The molecule has 0 aliphatic heterocycles. The molecule has 1 amide bonds. The van der Waals surface area contributed by atoms with E-state index in [1.165, 1.54) is 16.5 Å². The van der Waals surface area contributed by atoms with Crippen molar-refractivity contribution in [3.63, 3.8) is 0 Å². The van der Waals surface area contributed by atoms with Gasteiger partial charge < -0.3 is 10.1 Å². The van der Waals surface area contributed by atoms with Crippen LogP contribution in [0.4, 0.5) is 5.69 Å². The second kappa shape index (κ2) is 8.75. The maximum Gasteiger partial charge on any atom is 0.337 e. The summed E-state index contributed by atoms with van der Waals surface area (Å²) in [6.45, 7) is -0.270. The molecular weight excluding hydrogens is 458 g/mol. The number of hydrogen-bond acceptors (Lipinski definition) is 6. The summed E-state index contributed by atoms with van der Waals surface area (Å²) in [5, 5.41) is 12.9. The molecule has 9 nitrogen and oxygen atoms in total. The quantitative estimate of drug-likeness (QED) is 0.425. The Balaban J connectivity index is 1.48. The minimum Gasteiger partial charge on any atom is -0.465 e. The Labute approximate surface area is 198 Å². The van der Waals surface area contributed by atoms with Crippen molar-refractivity contribution in [2.24, 2.45) is 0 Å². The van der Waals surface area contributed by atoms with Gasteiger partial charge in [0.15, 0.2) is 0 Å². The Morgan fingerprint density at radius 3 is 2.62 bits per heavy atom.